The summed E-state index contributed by atoms with van der Waals surface area (Å²) in [6.45, 7) is 0. The Morgan fingerprint density at radius 3 is 2.25 bits per heavy atom. The van der Waals surface area contributed by atoms with Crippen molar-refractivity contribution in [2.24, 2.45) is 0 Å². The lowest BCUT2D eigenvalue weighted by molar-refractivity contribution is -0.138. The first-order chi connectivity index (χ1) is 9.49. The van der Waals surface area contributed by atoms with Crippen LogP contribution < -0.4 is 9.47 Å². The zero-order valence-electron chi connectivity index (χ0n) is 10.9. The highest BCUT2D eigenvalue weighted by Crippen LogP contribution is 2.43. The van der Waals surface area contributed by atoms with Crippen molar-refractivity contribution >= 4 is 0 Å². The van der Waals surface area contributed by atoms with Crippen LogP contribution in [0.25, 0.3) is 11.1 Å². The summed E-state index contributed by atoms with van der Waals surface area (Å²) in [4.78, 5) is 0. The molecule has 2 aromatic carbocycles. The largest absolute Gasteiger partial charge is 0.495 e. The van der Waals surface area contributed by atoms with Crippen LogP contribution in [-0.2, 0) is 6.18 Å². The summed E-state index contributed by atoms with van der Waals surface area (Å²) < 4.78 is 49.1. The molecule has 2 rings (SSSR count). The normalized spacial score (nSPS) is 11.2. The SMILES string of the molecule is COc1[c]cccc1-c1cccc(C(F)(F)F)c1OC. The Morgan fingerprint density at radius 2 is 1.65 bits per heavy atom. The van der Waals surface area contributed by atoms with Gasteiger partial charge in [0.25, 0.3) is 0 Å². The van der Waals surface area contributed by atoms with Crippen LogP contribution in [-0.4, -0.2) is 14.2 Å². The molecule has 105 valence electrons. The summed E-state index contributed by atoms with van der Waals surface area (Å²) in [6.07, 6.45) is -4.48. The van der Waals surface area contributed by atoms with Gasteiger partial charge < -0.3 is 9.47 Å². The fraction of sp³-hybridized carbons (Fsp3) is 0.200. The van der Waals surface area contributed by atoms with E-state index in [1.807, 2.05) is 0 Å². The van der Waals surface area contributed by atoms with Crippen LogP contribution in [0.2, 0.25) is 0 Å². The number of rotatable bonds is 3. The van der Waals surface area contributed by atoms with Crippen molar-refractivity contribution in [1.82, 2.24) is 0 Å². The van der Waals surface area contributed by atoms with Crippen molar-refractivity contribution in [3.8, 4) is 22.6 Å². The lowest BCUT2D eigenvalue weighted by Crippen LogP contribution is -2.08. The van der Waals surface area contributed by atoms with Gasteiger partial charge in [-0.15, -0.1) is 0 Å². The van der Waals surface area contributed by atoms with Gasteiger partial charge in [-0.25, -0.2) is 0 Å². The highest BCUT2D eigenvalue weighted by Gasteiger charge is 2.35. The Bertz CT molecular complexity index is 606. The first-order valence-electron chi connectivity index (χ1n) is 5.78. The standard InChI is InChI=1S/C15H12F3O2/c1-19-13-9-4-3-6-10(13)11-7-5-8-12(14(11)20-2)15(16,17)18/h3-8H,1-2H3. The summed E-state index contributed by atoms with van der Waals surface area (Å²) in [7, 11) is 2.66. The molecule has 0 aliphatic rings. The van der Waals surface area contributed by atoms with Crippen molar-refractivity contribution in [2.45, 2.75) is 6.18 Å². The molecule has 2 nitrogen and oxygen atoms in total. The molecule has 0 aliphatic carbocycles. The van der Waals surface area contributed by atoms with E-state index in [0.29, 0.717) is 16.9 Å². The molecular weight excluding hydrogens is 269 g/mol. The molecule has 0 N–H and O–H groups in total. The number of hydrogen-bond donors (Lipinski definition) is 0. The maximum atomic E-state index is 13.0. The van der Waals surface area contributed by atoms with Gasteiger partial charge in [-0.2, -0.15) is 13.2 Å². The molecule has 1 radical (unpaired) electrons. The third-order valence-corrected chi connectivity index (χ3v) is 2.84. The van der Waals surface area contributed by atoms with E-state index in [9.17, 15) is 13.2 Å². The van der Waals surface area contributed by atoms with E-state index in [4.69, 9.17) is 9.47 Å². The molecule has 20 heavy (non-hydrogen) atoms. The van der Waals surface area contributed by atoms with Crippen LogP contribution in [0.15, 0.2) is 36.4 Å². The Balaban J connectivity index is 2.69. The average Bonchev–Trinajstić information content (AvgIpc) is 2.45. The minimum Gasteiger partial charge on any atom is -0.495 e. The molecule has 0 bridgehead atoms. The van der Waals surface area contributed by atoms with Gasteiger partial charge in [0.05, 0.1) is 19.8 Å². The number of alkyl halides is 3. The number of para-hydroxylation sites is 2. The quantitative estimate of drug-likeness (QED) is 0.839. The van der Waals surface area contributed by atoms with Crippen LogP contribution in [0.1, 0.15) is 5.56 Å². The summed E-state index contributed by atoms with van der Waals surface area (Å²) in [5.74, 6) is 0.142. The second-order valence-electron chi connectivity index (χ2n) is 4.00. The van der Waals surface area contributed by atoms with Crippen molar-refractivity contribution in [3.05, 3.63) is 48.0 Å². The van der Waals surface area contributed by atoms with Crippen molar-refractivity contribution in [2.75, 3.05) is 14.2 Å². The Labute approximate surface area is 114 Å². The highest BCUT2D eigenvalue weighted by molar-refractivity contribution is 5.77. The molecule has 0 amide bonds. The summed E-state index contributed by atoms with van der Waals surface area (Å²) >= 11 is 0. The lowest BCUT2D eigenvalue weighted by atomic mass is 10.00. The molecule has 0 saturated carbocycles. The van der Waals surface area contributed by atoms with Gasteiger partial charge in [-0.1, -0.05) is 30.3 Å². The molecule has 0 saturated heterocycles. The molecular formula is C15H12F3O2. The fourth-order valence-corrected chi connectivity index (χ4v) is 1.99. The van der Waals surface area contributed by atoms with E-state index in [-0.39, 0.29) is 5.75 Å². The van der Waals surface area contributed by atoms with E-state index in [2.05, 4.69) is 6.07 Å². The minimum atomic E-state index is -4.48. The lowest BCUT2D eigenvalue weighted by Gasteiger charge is -2.17. The van der Waals surface area contributed by atoms with E-state index in [1.54, 1.807) is 24.3 Å². The Kier molecular flexibility index (Phi) is 3.88. The minimum absolute atomic E-state index is 0.224. The zero-order chi connectivity index (χ0) is 14.8. The van der Waals surface area contributed by atoms with E-state index < -0.39 is 11.7 Å². The number of methoxy groups -OCH3 is 2. The second-order valence-corrected chi connectivity index (χ2v) is 4.00. The van der Waals surface area contributed by atoms with Gasteiger partial charge in [-0.3, -0.25) is 0 Å². The van der Waals surface area contributed by atoms with Crippen LogP contribution in [0, 0.1) is 6.07 Å². The maximum Gasteiger partial charge on any atom is 0.419 e. The smallest absolute Gasteiger partial charge is 0.419 e. The van der Waals surface area contributed by atoms with Crippen molar-refractivity contribution < 1.29 is 22.6 Å². The van der Waals surface area contributed by atoms with Crippen LogP contribution in [0.4, 0.5) is 13.2 Å². The second kappa shape index (κ2) is 5.45. The van der Waals surface area contributed by atoms with Crippen molar-refractivity contribution in [1.29, 1.82) is 0 Å². The van der Waals surface area contributed by atoms with E-state index in [0.717, 1.165) is 6.07 Å². The maximum absolute atomic E-state index is 13.0. The van der Waals surface area contributed by atoms with Crippen LogP contribution in [0.3, 0.4) is 0 Å². The van der Waals surface area contributed by atoms with Gasteiger partial charge in [0.2, 0.25) is 0 Å². The average molecular weight is 281 g/mol. The van der Waals surface area contributed by atoms with E-state index in [1.165, 1.54) is 20.3 Å². The third kappa shape index (κ3) is 2.57. The fourth-order valence-electron chi connectivity index (χ4n) is 1.99. The summed E-state index contributed by atoms with van der Waals surface area (Å²) in [6, 6.07) is 11.7. The van der Waals surface area contributed by atoms with E-state index >= 15 is 0 Å². The molecule has 2 aromatic rings. The van der Waals surface area contributed by atoms with Crippen LogP contribution in [0.5, 0.6) is 11.5 Å². The predicted octanol–water partition coefficient (Wildman–Crippen LogP) is 4.19. The predicted molar refractivity (Wildman–Crippen MR) is 68.8 cm³/mol. The van der Waals surface area contributed by atoms with Crippen molar-refractivity contribution in [3.63, 3.8) is 0 Å². The molecule has 0 aromatic heterocycles. The first kappa shape index (κ1) is 14.2. The molecule has 5 heteroatoms. The van der Waals surface area contributed by atoms with Gasteiger partial charge in [0, 0.05) is 17.2 Å². The zero-order valence-corrected chi connectivity index (χ0v) is 10.9. The highest BCUT2D eigenvalue weighted by atomic mass is 19.4. The Hall–Kier alpha value is -2.17. The Morgan fingerprint density at radius 1 is 0.950 bits per heavy atom. The molecule has 0 aliphatic heterocycles. The number of benzene rings is 2. The number of ether oxygens (including phenoxy) is 2. The number of halogens is 3. The van der Waals surface area contributed by atoms with Gasteiger partial charge >= 0.3 is 6.18 Å². The summed E-state index contributed by atoms with van der Waals surface area (Å²) in [5, 5.41) is 0. The van der Waals surface area contributed by atoms with Gasteiger partial charge in [0.1, 0.15) is 11.5 Å². The van der Waals surface area contributed by atoms with Gasteiger partial charge in [-0.05, 0) is 6.07 Å². The summed E-state index contributed by atoms with van der Waals surface area (Å²) in [5.41, 5.74) is -0.00242. The van der Waals surface area contributed by atoms with Crippen LogP contribution >= 0.6 is 0 Å². The molecule has 0 atom stereocenters. The number of hydrogen-bond acceptors (Lipinski definition) is 2. The van der Waals surface area contributed by atoms with Gasteiger partial charge in [0.15, 0.2) is 0 Å². The molecule has 0 unspecified atom stereocenters. The molecule has 0 fully saturated rings. The topological polar surface area (TPSA) is 18.5 Å². The molecule has 0 spiro atoms. The third-order valence-electron chi connectivity index (χ3n) is 2.84. The first-order valence-corrected chi connectivity index (χ1v) is 5.78. The monoisotopic (exact) mass is 281 g/mol. The molecule has 0 heterocycles.